The standard InChI is InChI=1S/C29H32N2O2/c1-4-33-27(32)30-23-19-24-26-25(20-23)29(3,22-13-9-6-10-14-22)16-18-31(26)17-15-28(24,2)21-11-7-5-8-12-21/h5-14,19-20H,4,15-18H2,1-3H3,(H,30,32)/t28-,29-/m0/s1. The minimum absolute atomic E-state index is 0.136. The maximum atomic E-state index is 12.4. The molecule has 2 heterocycles. The van der Waals surface area contributed by atoms with Crippen LogP contribution in [0, 0.1) is 0 Å². The molecule has 3 aromatic rings. The van der Waals surface area contributed by atoms with Gasteiger partial charge in [0, 0.05) is 35.3 Å². The first-order chi connectivity index (χ1) is 16.0. The molecule has 0 spiro atoms. The number of hydrogen-bond acceptors (Lipinski definition) is 3. The highest BCUT2D eigenvalue weighted by Gasteiger charge is 2.45. The van der Waals surface area contributed by atoms with Crippen LogP contribution in [0.1, 0.15) is 55.9 Å². The van der Waals surface area contributed by atoms with Crippen molar-refractivity contribution >= 4 is 17.5 Å². The fraction of sp³-hybridized carbons (Fsp3) is 0.345. The lowest BCUT2D eigenvalue weighted by Gasteiger charge is -2.50. The Balaban J connectivity index is 1.74. The Morgan fingerprint density at radius 1 is 0.879 bits per heavy atom. The van der Waals surface area contributed by atoms with Gasteiger partial charge in [-0.1, -0.05) is 74.5 Å². The number of nitrogens with zero attached hydrogens (tertiary/aromatic N) is 1. The molecule has 1 N–H and O–H groups in total. The van der Waals surface area contributed by atoms with E-state index < -0.39 is 6.09 Å². The molecule has 0 aliphatic carbocycles. The van der Waals surface area contributed by atoms with E-state index in [-0.39, 0.29) is 10.8 Å². The second-order valence-electron chi connectivity index (χ2n) is 9.65. The monoisotopic (exact) mass is 440 g/mol. The van der Waals surface area contributed by atoms with Gasteiger partial charge in [-0.2, -0.15) is 0 Å². The van der Waals surface area contributed by atoms with Crippen LogP contribution in [0.15, 0.2) is 72.8 Å². The summed E-state index contributed by atoms with van der Waals surface area (Å²) < 4.78 is 5.21. The molecule has 170 valence electrons. The zero-order valence-corrected chi connectivity index (χ0v) is 19.7. The van der Waals surface area contributed by atoms with Gasteiger partial charge >= 0.3 is 6.09 Å². The number of carbonyl (C=O) groups excluding carboxylic acids is 1. The fourth-order valence-electron chi connectivity index (χ4n) is 5.71. The van der Waals surface area contributed by atoms with Crippen LogP contribution in [-0.2, 0) is 15.6 Å². The molecule has 0 radical (unpaired) electrons. The molecule has 2 aliphatic rings. The third-order valence-electron chi connectivity index (χ3n) is 7.72. The minimum atomic E-state index is -0.407. The smallest absolute Gasteiger partial charge is 0.411 e. The van der Waals surface area contributed by atoms with Gasteiger partial charge in [0.25, 0.3) is 0 Å². The third kappa shape index (κ3) is 3.58. The molecule has 3 aromatic carbocycles. The Labute approximate surface area is 196 Å². The van der Waals surface area contributed by atoms with Crippen molar-refractivity contribution in [3.8, 4) is 0 Å². The second kappa shape index (κ2) is 8.26. The number of amides is 1. The molecule has 0 aromatic heterocycles. The van der Waals surface area contributed by atoms with Crippen molar-refractivity contribution in [2.45, 2.75) is 44.4 Å². The predicted molar refractivity (Wildman–Crippen MR) is 134 cm³/mol. The van der Waals surface area contributed by atoms with Crippen LogP contribution in [0.2, 0.25) is 0 Å². The average Bonchev–Trinajstić information content (AvgIpc) is 2.84. The summed E-state index contributed by atoms with van der Waals surface area (Å²) in [5.74, 6) is 0. The number of rotatable bonds is 4. The molecule has 33 heavy (non-hydrogen) atoms. The van der Waals surface area contributed by atoms with Gasteiger partial charge in [-0.15, -0.1) is 0 Å². The summed E-state index contributed by atoms with van der Waals surface area (Å²) in [5, 5.41) is 3.01. The number of carbonyl (C=O) groups is 1. The lowest BCUT2D eigenvalue weighted by atomic mass is 9.64. The highest BCUT2D eigenvalue weighted by atomic mass is 16.5. The number of hydrogen-bond donors (Lipinski definition) is 1. The highest BCUT2D eigenvalue weighted by Crippen LogP contribution is 2.54. The molecule has 2 aliphatic heterocycles. The van der Waals surface area contributed by atoms with Gasteiger partial charge in [0.15, 0.2) is 0 Å². The molecule has 1 amide bonds. The molecule has 5 rings (SSSR count). The maximum Gasteiger partial charge on any atom is 0.411 e. The van der Waals surface area contributed by atoms with E-state index in [2.05, 4.69) is 96.9 Å². The van der Waals surface area contributed by atoms with Crippen molar-refractivity contribution in [2.24, 2.45) is 0 Å². The van der Waals surface area contributed by atoms with Crippen LogP contribution in [0.25, 0.3) is 0 Å². The van der Waals surface area contributed by atoms with Crippen molar-refractivity contribution in [1.82, 2.24) is 0 Å². The summed E-state index contributed by atoms with van der Waals surface area (Å²) in [5.41, 5.74) is 7.05. The first-order valence-corrected chi connectivity index (χ1v) is 11.9. The summed E-state index contributed by atoms with van der Waals surface area (Å²) in [7, 11) is 0. The van der Waals surface area contributed by atoms with Crippen molar-refractivity contribution in [1.29, 1.82) is 0 Å². The molecule has 0 bridgehead atoms. The van der Waals surface area contributed by atoms with Gasteiger partial charge < -0.3 is 9.64 Å². The number of ether oxygens (including phenoxy) is 1. The molecule has 2 atom stereocenters. The molecule has 4 heteroatoms. The topological polar surface area (TPSA) is 41.6 Å². The quantitative estimate of drug-likeness (QED) is 0.505. The summed E-state index contributed by atoms with van der Waals surface area (Å²) in [4.78, 5) is 14.9. The Hall–Kier alpha value is -3.27. The van der Waals surface area contributed by atoms with Gasteiger partial charge in [-0.3, -0.25) is 5.32 Å². The largest absolute Gasteiger partial charge is 0.450 e. The van der Waals surface area contributed by atoms with Crippen molar-refractivity contribution in [3.63, 3.8) is 0 Å². The molecule has 0 fully saturated rings. The molecule has 0 saturated heterocycles. The van der Waals surface area contributed by atoms with Crippen molar-refractivity contribution in [2.75, 3.05) is 29.9 Å². The molecular formula is C29H32N2O2. The van der Waals surface area contributed by atoms with E-state index in [1.165, 1.54) is 27.9 Å². The van der Waals surface area contributed by atoms with Gasteiger partial charge in [0.05, 0.1) is 6.61 Å². The minimum Gasteiger partial charge on any atom is -0.450 e. The Morgan fingerprint density at radius 3 is 1.82 bits per heavy atom. The Morgan fingerprint density at radius 2 is 1.36 bits per heavy atom. The number of benzene rings is 3. The first kappa shape index (κ1) is 21.6. The summed E-state index contributed by atoms with van der Waals surface area (Å²) in [6.45, 7) is 8.92. The van der Waals surface area contributed by atoms with E-state index >= 15 is 0 Å². The van der Waals surface area contributed by atoms with Gasteiger partial charge in [0.2, 0.25) is 0 Å². The van der Waals surface area contributed by atoms with Crippen LogP contribution in [0.3, 0.4) is 0 Å². The summed E-state index contributed by atoms with van der Waals surface area (Å²) >= 11 is 0. The zero-order chi connectivity index (χ0) is 23.1. The van der Waals surface area contributed by atoms with E-state index in [1.807, 2.05) is 6.92 Å². The number of anilines is 2. The molecule has 0 unspecified atom stereocenters. The lowest BCUT2D eigenvalue weighted by molar-refractivity contribution is 0.168. The molecular weight excluding hydrogens is 408 g/mol. The van der Waals surface area contributed by atoms with Crippen LogP contribution in [-0.4, -0.2) is 25.8 Å². The van der Waals surface area contributed by atoms with Gasteiger partial charge in [-0.25, -0.2) is 4.79 Å². The lowest BCUT2D eigenvalue weighted by Crippen LogP contribution is -2.47. The summed E-state index contributed by atoms with van der Waals surface area (Å²) in [6, 6.07) is 25.9. The first-order valence-electron chi connectivity index (χ1n) is 11.9. The SMILES string of the molecule is CCOC(=O)Nc1cc2c3c(c1)[C@](C)(c1ccccc1)CCN3CC[C@@]2(C)c1ccccc1. The van der Waals surface area contributed by atoms with Gasteiger partial charge in [-0.05, 0) is 54.2 Å². The van der Waals surface area contributed by atoms with Gasteiger partial charge in [0.1, 0.15) is 0 Å². The highest BCUT2D eigenvalue weighted by molar-refractivity contribution is 5.87. The third-order valence-corrected chi connectivity index (χ3v) is 7.72. The Bertz CT molecular complexity index is 1080. The van der Waals surface area contributed by atoms with E-state index in [4.69, 9.17) is 4.74 Å². The van der Waals surface area contributed by atoms with E-state index in [1.54, 1.807) is 0 Å². The zero-order valence-electron chi connectivity index (χ0n) is 19.7. The van der Waals surface area contributed by atoms with Crippen molar-refractivity contribution < 1.29 is 9.53 Å². The van der Waals surface area contributed by atoms with Crippen LogP contribution in [0.5, 0.6) is 0 Å². The van der Waals surface area contributed by atoms with Crippen LogP contribution in [0.4, 0.5) is 16.2 Å². The van der Waals surface area contributed by atoms with Crippen LogP contribution < -0.4 is 10.2 Å². The number of nitrogens with one attached hydrogen (secondary N) is 1. The normalized spacial score (nSPS) is 23.5. The predicted octanol–water partition coefficient (Wildman–Crippen LogP) is 6.48. The Kier molecular flexibility index (Phi) is 5.40. The molecule has 0 saturated carbocycles. The average molecular weight is 441 g/mol. The summed E-state index contributed by atoms with van der Waals surface area (Å²) in [6.07, 6.45) is 1.67. The molecule has 4 nitrogen and oxygen atoms in total. The van der Waals surface area contributed by atoms with E-state index in [0.717, 1.165) is 31.6 Å². The van der Waals surface area contributed by atoms with Crippen molar-refractivity contribution in [3.05, 3.63) is 95.1 Å². The van der Waals surface area contributed by atoms with E-state index in [9.17, 15) is 4.79 Å². The second-order valence-corrected chi connectivity index (χ2v) is 9.65. The van der Waals surface area contributed by atoms with E-state index in [0.29, 0.717) is 6.61 Å². The fourth-order valence-corrected chi connectivity index (χ4v) is 5.71. The maximum absolute atomic E-state index is 12.4. The van der Waals surface area contributed by atoms with Crippen LogP contribution >= 0.6 is 0 Å².